The molecule has 0 aliphatic rings. The molecule has 2 rings (SSSR count). The monoisotopic (exact) mass is 461 g/mol. The van der Waals surface area contributed by atoms with Gasteiger partial charge < -0.3 is 15.5 Å². The molecule has 0 saturated carbocycles. The van der Waals surface area contributed by atoms with Gasteiger partial charge in [0, 0.05) is 13.7 Å². The van der Waals surface area contributed by atoms with Crippen LogP contribution in [0.5, 0.6) is 5.75 Å². The van der Waals surface area contributed by atoms with Gasteiger partial charge in [-0.15, -0.1) is 0 Å². The maximum atomic E-state index is 12.1. The average Bonchev–Trinajstić information content (AvgIpc) is 2.43. The highest BCUT2D eigenvalue weighted by molar-refractivity contribution is 14.1. The van der Waals surface area contributed by atoms with Crippen molar-refractivity contribution in [2.24, 2.45) is 0 Å². The number of halogens is 2. The van der Waals surface area contributed by atoms with Crippen LogP contribution in [0.3, 0.4) is 0 Å². The molecule has 0 spiro atoms. The topological polar surface area (TPSA) is 86.6 Å². The molecule has 0 saturated heterocycles. The Hall–Kier alpha value is -1.61. The Morgan fingerprint density at radius 3 is 2.48 bits per heavy atom. The fourth-order valence-electron chi connectivity index (χ4n) is 1.66. The summed E-state index contributed by atoms with van der Waals surface area (Å²) < 4.78 is 1.22. The van der Waals surface area contributed by atoms with E-state index >= 15 is 0 Å². The third kappa shape index (κ3) is 3.73. The van der Waals surface area contributed by atoms with Crippen LogP contribution in [0.2, 0.25) is 0 Å². The van der Waals surface area contributed by atoms with Crippen molar-refractivity contribution in [3.63, 3.8) is 0 Å². The summed E-state index contributed by atoms with van der Waals surface area (Å²) in [5.74, 6) is -1.75. The van der Waals surface area contributed by atoms with Gasteiger partial charge in [-0.05, 0) is 74.9 Å². The summed E-state index contributed by atoms with van der Waals surface area (Å²) >= 11 is 5.16. The minimum atomic E-state index is -1.10. The average molecular weight is 462 g/mol. The Balaban J connectivity index is 2.29. The van der Waals surface area contributed by atoms with E-state index in [1.165, 1.54) is 18.2 Å². The molecule has 3 N–H and O–H groups in total. The zero-order valence-corrected chi connectivity index (χ0v) is 14.2. The van der Waals surface area contributed by atoms with Crippen molar-refractivity contribution in [3.8, 4) is 5.75 Å². The number of carboxylic acids is 1. The van der Waals surface area contributed by atoms with E-state index in [-0.39, 0.29) is 16.9 Å². The summed E-state index contributed by atoms with van der Waals surface area (Å²) in [6.45, 7) is 0. The van der Waals surface area contributed by atoms with Gasteiger partial charge in [-0.1, -0.05) is 0 Å². The standard InChI is InChI=1S/C14H9BrINO4/c15-11-3-2-8(6-9(11)14(20)21)17-13(19)10-5-7(16)1-4-12(10)18/h1-6,18H,(H,17,19)(H,20,21). The number of carbonyl (C=O) groups excluding carboxylic acids is 1. The number of nitrogens with one attached hydrogen (secondary N) is 1. The minimum Gasteiger partial charge on any atom is -0.507 e. The number of anilines is 1. The highest BCUT2D eigenvalue weighted by Gasteiger charge is 2.14. The fraction of sp³-hybridized carbons (Fsp3) is 0. The van der Waals surface area contributed by atoms with Crippen LogP contribution >= 0.6 is 38.5 Å². The van der Waals surface area contributed by atoms with Crippen molar-refractivity contribution in [2.45, 2.75) is 0 Å². The lowest BCUT2D eigenvalue weighted by atomic mass is 10.1. The van der Waals surface area contributed by atoms with Crippen LogP contribution < -0.4 is 5.32 Å². The smallest absolute Gasteiger partial charge is 0.336 e. The molecule has 0 fully saturated rings. The number of carbonyl (C=O) groups is 2. The third-order valence-corrected chi connectivity index (χ3v) is 4.02. The van der Waals surface area contributed by atoms with Gasteiger partial charge in [0.25, 0.3) is 5.91 Å². The van der Waals surface area contributed by atoms with Crippen molar-refractivity contribution in [1.29, 1.82) is 0 Å². The van der Waals surface area contributed by atoms with Gasteiger partial charge >= 0.3 is 5.97 Å². The molecule has 5 nitrogen and oxygen atoms in total. The first-order valence-corrected chi connectivity index (χ1v) is 7.58. The molecular formula is C14H9BrINO4. The van der Waals surface area contributed by atoms with Crippen molar-refractivity contribution in [1.82, 2.24) is 0 Å². The Labute approximate surface area is 142 Å². The predicted molar refractivity (Wildman–Crippen MR) is 89.9 cm³/mol. The molecule has 0 unspecified atom stereocenters. The lowest BCUT2D eigenvalue weighted by Gasteiger charge is -2.09. The highest BCUT2D eigenvalue weighted by Crippen LogP contribution is 2.24. The summed E-state index contributed by atoms with van der Waals surface area (Å²) in [5.41, 5.74) is 0.500. The largest absolute Gasteiger partial charge is 0.507 e. The number of hydrogen-bond acceptors (Lipinski definition) is 3. The van der Waals surface area contributed by atoms with E-state index in [9.17, 15) is 14.7 Å². The van der Waals surface area contributed by atoms with E-state index in [1.807, 2.05) is 22.6 Å². The zero-order chi connectivity index (χ0) is 15.6. The second-order valence-corrected chi connectivity index (χ2v) is 6.22. The van der Waals surface area contributed by atoms with Crippen LogP contribution in [0, 0.1) is 3.57 Å². The van der Waals surface area contributed by atoms with Crippen molar-refractivity contribution in [2.75, 3.05) is 5.32 Å². The van der Waals surface area contributed by atoms with E-state index in [1.54, 1.807) is 18.2 Å². The molecule has 0 aliphatic heterocycles. The van der Waals surface area contributed by atoms with Crippen LogP contribution in [0.25, 0.3) is 0 Å². The van der Waals surface area contributed by atoms with E-state index in [0.717, 1.165) is 3.57 Å². The van der Waals surface area contributed by atoms with E-state index in [2.05, 4.69) is 21.2 Å². The number of phenols is 1. The SMILES string of the molecule is O=C(Nc1ccc(Br)c(C(=O)O)c1)c1cc(I)ccc1O. The van der Waals surface area contributed by atoms with E-state index < -0.39 is 11.9 Å². The number of aromatic hydroxyl groups is 1. The molecule has 2 aromatic carbocycles. The van der Waals surface area contributed by atoms with Gasteiger partial charge in [0.2, 0.25) is 0 Å². The van der Waals surface area contributed by atoms with Crippen LogP contribution in [0.1, 0.15) is 20.7 Å². The number of carboxylic acid groups (broad SMARTS) is 1. The van der Waals surface area contributed by atoms with Gasteiger partial charge in [-0.3, -0.25) is 4.79 Å². The Morgan fingerprint density at radius 2 is 1.81 bits per heavy atom. The second-order valence-electron chi connectivity index (χ2n) is 4.12. The quantitative estimate of drug-likeness (QED) is 0.608. The Bertz CT molecular complexity index is 733. The third-order valence-electron chi connectivity index (χ3n) is 2.66. The van der Waals surface area contributed by atoms with Crippen LogP contribution in [0.15, 0.2) is 40.9 Å². The summed E-state index contributed by atoms with van der Waals surface area (Å²) in [5, 5.41) is 21.3. The van der Waals surface area contributed by atoms with Gasteiger partial charge in [0.1, 0.15) is 5.75 Å². The molecule has 1 amide bonds. The van der Waals surface area contributed by atoms with Crippen molar-refractivity contribution < 1.29 is 19.8 Å². The minimum absolute atomic E-state index is 0.0414. The Morgan fingerprint density at radius 1 is 1.10 bits per heavy atom. The normalized spacial score (nSPS) is 10.2. The Kier molecular flexibility index (Phi) is 4.84. The number of phenolic OH excluding ortho intramolecular Hbond substituents is 1. The fourth-order valence-corrected chi connectivity index (χ4v) is 2.56. The first-order valence-electron chi connectivity index (χ1n) is 5.71. The van der Waals surface area contributed by atoms with Gasteiger partial charge in [-0.25, -0.2) is 4.79 Å². The first-order chi connectivity index (χ1) is 9.88. The molecule has 0 aromatic heterocycles. The molecule has 2 aromatic rings. The summed E-state index contributed by atoms with van der Waals surface area (Å²) in [6, 6.07) is 9.10. The molecule has 0 radical (unpaired) electrons. The van der Waals surface area contributed by atoms with Gasteiger partial charge in [0.05, 0.1) is 11.1 Å². The van der Waals surface area contributed by atoms with Gasteiger partial charge in [-0.2, -0.15) is 0 Å². The lowest BCUT2D eigenvalue weighted by molar-refractivity contribution is 0.0695. The zero-order valence-electron chi connectivity index (χ0n) is 10.4. The number of aromatic carboxylic acids is 1. The van der Waals surface area contributed by atoms with E-state index in [0.29, 0.717) is 10.2 Å². The molecule has 0 heterocycles. The summed E-state index contributed by atoms with van der Waals surface area (Å²) in [7, 11) is 0. The molecule has 108 valence electrons. The molecule has 0 bridgehead atoms. The van der Waals surface area contributed by atoms with Crippen molar-refractivity contribution in [3.05, 3.63) is 55.6 Å². The van der Waals surface area contributed by atoms with Crippen molar-refractivity contribution >= 4 is 56.1 Å². The molecule has 0 aliphatic carbocycles. The second kappa shape index (κ2) is 6.44. The first kappa shape index (κ1) is 15.8. The van der Waals surface area contributed by atoms with Crippen LogP contribution in [-0.4, -0.2) is 22.1 Å². The maximum absolute atomic E-state index is 12.1. The predicted octanol–water partition coefficient (Wildman–Crippen LogP) is 3.71. The molecule has 21 heavy (non-hydrogen) atoms. The van der Waals surface area contributed by atoms with Gasteiger partial charge in [0.15, 0.2) is 0 Å². The number of hydrogen-bond donors (Lipinski definition) is 3. The summed E-state index contributed by atoms with van der Waals surface area (Å²) in [6.07, 6.45) is 0. The molecular weight excluding hydrogens is 453 g/mol. The van der Waals surface area contributed by atoms with E-state index in [4.69, 9.17) is 5.11 Å². The lowest BCUT2D eigenvalue weighted by Crippen LogP contribution is -2.13. The summed E-state index contributed by atoms with van der Waals surface area (Å²) in [4.78, 5) is 23.2. The number of amides is 1. The number of rotatable bonds is 3. The molecule has 0 atom stereocenters. The molecule has 7 heteroatoms. The van der Waals surface area contributed by atoms with Crippen LogP contribution in [0.4, 0.5) is 5.69 Å². The highest BCUT2D eigenvalue weighted by atomic mass is 127. The number of benzene rings is 2. The van der Waals surface area contributed by atoms with Crippen LogP contribution in [-0.2, 0) is 0 Å². The maximum Gasteiger partial charge on any atom is 0.336 e.